The third-order valence-corrected chi connectivity index (χ3v) is 4.64. The molecule has 0 spiro atoms. The molecule has 6 nitrogen and oxygen atoms in total. The van der Waals surface area contributed by atoms with E-state index in [0.717, 1.165) is 11.3 Å². The molecule has 6 heteroatoms. The molecule has 1 aromatic heterocycles. The molecule has 0 atom stereocenters. The molecule has 150 valence electrons. The molecule has 1 N–H and O–H groups in total. The number of nitrogens with one attached hydrogen (secondary N) is 1. The van der Waals surface area contributed by atoms with Gasteiger partial charge in [-0.05, 0) is 38.5 Å². The lowest BCUT2D eigenvalue weighted by Gasteiger charge is -2.19. The summed E-state index contributed by atoms with van der Waals surface area (Å²) >= 11 is 0. The van der Waals surface area contributed by atoms with Crippen LogP contribution in [0.25, 0.3) is 16.8 Å². The van der Waals surface area contributed by atoms with E-state index in [9.17, 15) is 9.59 Å². The van der Waals surface area contributed by atoms with Crippen molar-refractivity contribution in [2.75, 3.05) is 12.4 Å². The molecular formula is C23H25N3O3. The Bertz CT molecular complexity index is 1090. The molecule has 0 aliphatic rings. The van der Waals surface area contributed by atoms with Gasteiger partial charge < -0.3 is 10.1 Å². The van der Waals surface area contributed by atoms with Crippen molar-refractivity contribution in [2.24, 2.45) is 0 Å². The predicted octanol–water partition coefficient (Wildman–Crippen LogP) is 4.26. The zero-order chi connectivity index (χ0) is 21.0. The molecule has 0 unspecified atom stereocenters. The Labute approximate surface area is 170 Å². The van der Waals surface area contributed by atoms with Crippen LogP contribution in [-0.2, 0) is 4.79 Å². The molecule has 1 amide bonds. The summed E-state index contributed by atoms with van der Waals surface area (Å²) in [6.45, 7) is 5.60. The van der Waals surface area contributed by atoms with Gasteiger partial charge in [0.15, 0.2) is 0 Å². The van der Waals surface area contributed by atoms with Gasteiger partial charge in [-0.1, -0.05) is 42.8 Å². The zero-order valence-corrected chi connectivity index (χ0v) is 17.2. The quantitative estimate of drug-likeness (QED) is 0.681. The monoisotopic (exact) mass is 391 g/mol. The maximum atomic E-state index is 13.2. The molecule has 0 saturated heterocycles. The van der Waals surface area contributed by atoms with E-state index in [0.29, 0.717) is 41.2 Å². The SMILES string of the molecule is CCCC(=O)Nc1c(-c2ccccc2OC)c(=O)c(C)nn1-c1ccc(C)cc1. The number of carbonyl (C=O) groups excluding carboxylic acids is 1. The van der Waals surface area contributed by atoms with Gasteiger partial charge in [-0.3, -0.25) is 9.59 Å². The third kappa shape index (κ3) is 4.21. The normalized spacial score (nSPS) is 10.6. The maximum absolute atomic E-state index is 13.2. The van der Waals surface area contributed by atoms with Crippen LogP contribution in [0.5, 0.6) is 5.75 Å². The predicted molar refractivity (Wildman–Crippen MR) is 115 cm³/mol. The lowest BCUT2D eigenvalue weighted by Crippen LogP contribution is -2.24. The minimum absolute atomic E-state index is 0.172. The number of carbonyl (C=O) groups is 1. The summed E-state index contributed by atoms with van der Waals surface area (Å²) in [5.41, 5.74) is 2.91. The molecule has 3 aromatic rings. The van der Waals surface area contributed by atoms with E-state index in [1.165, 1.54) is 0 Å². The zero-order valence-electron chi connectivity index (χ0n) is 17.2. The first-order chi connectivity index (χ1) is 14.0. The van der Waals surface area contributed by atoms with Crippen molar-refractivity contribution >= 4 is 11.7 Å². The highest BCUT2D eigenvalue weighted by atomic mass is 16.5. The van der Waals surface area contributed by atoms with E-state index in [2.05, 4.69) is 10.4 Å². The van der Waals surface area contributed by atoms with Crippen molar-refractivity contribution in [3.63, 3.8) is 0 Å². The first-order valence-electron chi connectivity index (χ1n) is 9.60. The van der Waals surface area contributed by atoms with Crippen LogP contribution in [0, 0.1) is 13.8 Å². The molecule has 0 aliphatic carbocycles. The second-order valence-corrected chi connectivity index (χ2v) is 6.88. The molecule has 3 rings (SSSR count). The van der Waals surface area contributed by atoms with E-state index in [-0.39, 0.29) is 11.3 Å². The number of aromatic nitrogens is 2. The van der Waals surface area contributed by atoms with Crippen LogP contribution in [-0.4, -0.2) is 22.8 Å². The molecule has 0 fully saturated rings. The summed E-state index contributed by atoms with van der Waals surface area (Å²) in [6, 6.07) is 15.0. The minimum Gasteiger partial charge on any atom is -0.496 e. The second kappa shape index (κ2) is 8.73. The summed E-state index contributed by atoms with van der Waals surface area (Å²) in [6.07, 6.45) is 1.05. The molecule has 0 radical (unpaired) electrons. The Balaban J connectivity index is 2.34. The van der Waals surface area contributed by atoms with Gasteiger partial charge in [0.05, 0.1) is 18.4 Å². The highest BCUT2D eigenvalue weighted by molar-refractivity contribution is 5.95. The van der Waals surface area contributed by atoms with Crippen molar-refractivity contribution < 1.29 is 9.53 Å². The fraction of sp³-hybridized carbons (Fsp3) is 0.261. The number of amides is 1. The minimum atomic E-state index is -0.246. The Morgan fingerprint density at radius 3 is 2.45 bits per heavy atom. The summed E-state index contributed by atoms with van der Waals surface area (Å²) in [5, 5.41) is 7.39. The lowest BCUT2D eigenvalue weighted by molar-refractivity contribution is -0.116. The number of rotatable bonds is 6. The van der Waals surface area contributed by atoms with Crippen molar-refractivity contribution in [3.05, 3.63) is 70.0 Å². The maximum Gasteiger partial charge on any atom is 0.225 e. The van der Waals surface area contributed by atoms with Crippen LogP contribution in [0.2, 0.25) is 0 Å². The summed E-state index contributed by atoms with van der Waals surface area (Å²) < 4.78 is 7.10. The van der Waals surface area contributed by atoms with E-state index < -0.39 is 0 Å². The van der Waals surface area contributed by atoms with Crippen LogP contribution >= 0.6 is 0 Å². The molecule has 29 heavy (non-hydrogen) atoms. The van der Waals surface area contributed by atoms with E-state index in [4.69, 9.17) is 4.74 Å². The molecule has 2 aromatic carbocycles. The number of methoxy groups -OCH3 is 1. The van der Waals surface area contributed by atoms with Crippen molar-refractivity contribution in [3.8, 4) is 22.6 Å². The van der Waals surface area contributed by atoms with Crippen LogP contribution in [0.1, 0.15) is 31.0 Å². The van der Waals surface area contributed by atoms with Gasteiger partial charge in [0.1, 0.15) is 17.3 Å². The highest BCUT2D eigenvalue weighted by Crippen LogP contribution is 2.33. The smallest absolute Gasteiger partial charge is 0.225 e. The Morgan fingerprint density at radius 1 is 1.10 bits per heavy atom. The van der Waals surface area contributed by atoms with E-state index in [1.54, 1.807) is 24.8 Å². The van der Waals surface area contributed by atoms with Crippen molar-refractivity contribution in [1.29, 1.82) is 0 Å². The number of anilines is 1. The van der Waals surface area contributed by atoms with Crippen LogP contribution in [0.15, 0.2) is 53.3 Å². The summed E-state index contributed by atoms with van der Waals surface area (Å²) in [7, 11) is 1.56. The Morgan fingerprint density at radius 2 is 1.79 bits per heavy atom. The number of hydrogen-bond donors (Lipinski definition) is 1. The van der Waals surface area contributed by atoms with Gasteiger partial charge in [0.2, 0.25) is 11.3 Å². The van der Waals surface area contributed by atoms with E-state index in [1.807, 2.05) is 56.3 Å². The fourth-order valence-corrected chi connectivity index (χ4v) is 3.15. The average Bonchev–Trinajstić information content (AvgIpc) is 2.72. The summed E-state index contributed by atoms with van der Waals surface area (Å²) in [4.78, 5) is 25.7. The molecule has 0 aliphatic heterocycles. The second-order valence-electron chi connectivity index (χ2n) is 6.88. The average molecular weight is 391 g/mol. The lowest BCUT2D eigenvalue weighted by atomic mass is 10.0. The fourth-order valence-electron chi connectivity index (χ4n) is 3.15. The number of hydrogen-bond acceptors (Lipinski definition) is 4. The molecular weight excluding hydrogens is 366 g/mol. The molecule has 1 heterocycles. The first kappa shape index (κ1) is 20.3. The van der Waals surface area contributed by atoms with Gasteiger partial charge in [-0.15, -0.1) is 0 Å². The standard InChI is InChI=1S/C23H25N3O3/c1-5-8-20(27)24-23-21(18-9-6-7-10-19(18)29-4)22(28)16(3)25-26(23)17-13-11-15(2)12-14-17/h6-7,9-14H,5,8H2,1-4H3,(H,24,27). The van der Waals surface area contributed by atoms with Gasteiger partial charge in [-0.25, -0.2) is 4.68 Å². The topological polar surface area (TPSA) is 73.2 Å². The van der Waals surface area contributed by atoms with Crippen LogP contribution in [0.3, 0.4) is 0 Å². The largest absolute Gasteiger partial charge is 0.496 e. The van der Waals surface area contributed by atoms with Crippen molar-refractivity contribution in [2.45, 2.75) is 33.6 Å². The number of ether oxygens (including phenoxy) is 1. The van der Waals surface area contributed by atoms with E-state index >= 15 is 0 Å². The number of para-hydroxylation sites is 1. The number of benzene rings is 2. The number of nitrogens with zero attached hydrogens (tertiary/aromatic N) is 2. The van der Waals surface area contributed by atoms with Gasteiger partial charge in [-0.2, -0.15) is 5.10 Å². The molecule has 0 bridgehead atoms. The van der Waals surface area contributed by atoms with Gasteiger partial charge in [0, 0.05) is 12.0 Å². The Kier molecular flexibility index (Phi) is 6.12. The van der Waals surface area contributed by atoms with Gasteiger partial charge >= 0.3 is 0 Å². The molecule has 0 saturated carbocycles. The van der Waals surface area contributed by atoms with Crippen LogP contribution in [0.4, 0.5) is 5.82 Å². The Hall–Kier alpha value is -3.41. The van der Waals surface area contributed by atoms with Gasteiger partial charge in [0.25, 0.3) is 0 Å². The summed E-state index contributed by atoms with van der Waals surface area (Å²) in [5.74, 6) is 0.721. The van der Waals surface area contributed by atoms with Crippen molar-refractivity contribution in [1.82, 2.24) is 9.78 Å². The number of aryl methyl sites for hydroxylation is 2. The third-order valence-electron chi connectivity index (χ3n) is 4.64. The first-order valence-corrected chi connectivity index (χ1v) is 9.60. The van der Waals surface area contributed by atoms with Crippen LogP contribution < -0.4 is 15.5 Å². The highest BCUT2D eigenvalue weighted by Gasteiger charge is 2.22.